The van der Waals surface area contributed by atoms with Gasteiger partial charge in [0.2, 0.25) is 0 Å². The zero-order valence-corrected chi connectivity index (χ0v) is 8.54. The van der Waals surface area contributed by atoms with Gasteiger partial charge < -0.3 is 5.73 Å². The number of H-pyrrole nitrogens is 1. The largest absolute Gasteiger partial charge is 0.321 e. The first-order valence-electron chi connectivity index (χ1n) is 4.86. The Balaban J connectivity index is 2.74. The first-order chi connectivity index (χ1) is 6.19. The van der Waals surface area contributed by atoms with E-state index in [4.69, 9.17) is 5.73 Å². The SMILES string of the molecule is CCC(C)c1n[nH]c([C@@H](N)CC)n1. The van der Waals surface area contributed by atoms with Crippen molar-refractivity contribution in [1.82, 2.24) is 15.2 Å². The van der Waals surface area contributed by atoms with Gasteiger partial charge in [-0.1, -0.05) is 20.8 Å². The van der Waals surface area contributed by atoms with Gasteiger partial charge in [0.25, 0.3) is 0 Å². The van der Waals surface area contributed by atoms with Crippen molar-refractivity contribution < 1.29 is 0 Å². The highest BCUT2D eigenvalue weighted by Gasteiger charge is 2.12. The first-order valence-corrected chi connectivity index (χ1v) is 4.86. The molecule has 1 unspecified atom stereocenters. The van der Waals surface area contributed by atoms with E-state index in [2.05, 4.69) is 29.0 Å². The van der Waals surface area contributed by atoms with Crippen LogP contribution in [0.1, 0.15) is 57.2 Å². The van der Waals surface area contributed by atoms with Gasteiger partial charge >= 0.3 is 0 Å². The summed E-state index contributed by atoms with van der Waals surface area (Å²) in [5.74, 6) is 2.09. The molecular weight excluding hydrogens is 164 g/mol. The lowest BCUT2D eigenvalue weighted by atomic mass is 10.1. The predicted octanol–water partition coefficient (Wildman–Crippen LogP) is 1.73. The van der Waals surface area contributed by atoms with Gasteiger partial charge in [-0.05, 0) is 12.8 Å². The highest BCUT2D eigenvalue weighted by Crippen LogP contribution is 2.16. The monoisotopic (exact) mass is 182 g/mol. The zero-order valence-electron chi connectivity index (χ0n) is 8.54. The fourth-order valence-electron chi connectivity index (χ4n) is 1.05. The Kier molecular flexibility index (Phi) is 3.42. The van der Waals surface area contributed by atoms with E-state index in [9.17, 15) is 0 Å². The minimum Gasteiger partial charge on any atom is -0.321 e. The van der Waals surface area contributed by atoms with Crippen molar-refractivity contribution in [2.75, 3.05) is 0 Å². The van der Waals surface area contributed by atoms with Crippen LogP contribution in [0.15, 0.2) is 0 Å². The summed E-state index contributed by atoms with van der Waals surface area (Å²) in [6.45, 7) is 6.28. The lowest BCUT2D eigenvalue weighted by molar-refractivity contribution is 0.647. The molecule has 1 aromatic heterocycles. The molecule has 1 rings (SSSR count). The van der Waals surface area contributed by atoms with Crippen molar-refractivity contribution in [2.24, 2.45) is 5.73 Å². The Morgan fingerprint density at radius 3 is 2.62 bits per heavy atom. The molecule has 74 valence electrons. The summed E-state index contributed by atoms with van der Waals surface area (Å²) >= 11 is 0. The van der Waals surface area contributed by atoms with Crippen molar-refractivity contribution in [3.63, 3.8) is 0 Å². The van der Waals surface area contributed by atoms with Crippen molar-refractivity contribution in [1.29, 1.82) is 0 Å². The molecule has 1 heterocycles. The van der Waals surface area contributed by atoms with E-state index in [-0.39, 0.29) is 6.04 Å². The van der Waals surface area contributed by atoms with Gasteiger partial charge in [-0.3, -0.25) is 5.10 Å². The molecule has 3 N–H and O–H groups in total. The van der Waals surface area contributed by atoms with Crippen LogP contribution in [0.2, 0.25) is 0 Å². The summed E-state index contributed by atoms with van der Waals surface area (Å²) in [6.07, 6.45) is 1.94. The number of aromatic nitrogens is 3. The minimum atomic E-state index is -0.00898. The molecule has 0 bridgehead atoms. The number of hydrogen-bond acceptors (Lipinski definition) is 3. The molecule has 0 aromatic carbocycles. The summed E-state index contributed by atoms with van der Waals surface area (Å²) in [7, 11) is 0. The van der Waals surface area contributed by atoms with Gasteiger partial charge in [0.15, 0.2) is 5.82 Å². The van der Waals surface area contributed by atoms with Crippen LogP contribution in [0.4, 0.5) is 0 Å². The zero-order chi connectivity index (χ0) is 9.84. The predicted molar refractivity (Wildman–Crippen MR) is 52.3 cm³/mol. The van der Waals surface area contributed by atoms with Crippen molar-refractivity contribution in [3.8, 4) is 0 Å². The molecule has 4 nitrogen and oxygen atoms in total. The third kappa shape index (κ3) is 2.28. The molecule has 4 heteroatoms. The third-order valence-corrected chi connectivity index (χ3v) is 2.36. The highest BCUT2D eigenvalue weighted by molar-refractivity contribution is 4.99. The number of nitrogens with zero attached hydrogens (tertiary/aromatic N) is 2. The van der Waals surface area contributed by atoms with E-state index < -0.39 is 0 Å². The van der Waals surface area contributed by atoms with Gasteiger partial charge in [0, 0.05) is 5.92 Å². The van der Waals surface area contributed by atoms with Crippen molar-refractivity contribution >= 4 is 0 Å². The van der Waals surface area contributed by atoms with E-state index >= 15 is 0 Å². The summed E-state index contributed by atoms with van der Waals surface area (Å²) in [6, 6.07) is -0.00898. The van der Waals surface area contributed by atoms with Crippen LogP contribution in [0.25, 0.3) is 0 Å². The molecule has 0 saturated carbocycles. The second-order valence-electron chi connectivity index (χ2n) is 3.40. The van der Waals surface area contributed by atoms with Crippen LogP contribution >= 0.6 is 0 Å². The molecule has 0 aliphatic heterocycles. The van der Waals surface area contributed by atoms with Crippen molar-refractivity contribution in [2.45, 2.75) is 45.6 Å². The number of aromatic amines is 1. The van der Waals surface area contributed by atoms with E-state index in [1.807, 2.05) is 6.92 Å². The van der Waals surface area contributed by atoms with E-state index in [0.29, 0.717) is 5.92 Å². The highest BCUT2D eigenvalue weighted by atomic mass is 15.2. The molecule has 2 atom stereocenters. The fraction of sp³-hybridized carbons (Fsp3) is 0.778. The molecule has 0 aliphatic rings. The van der Waals surface area contributed by atoms with Gasteiger partial charge in [-0.2, -0.15) is 5.10 Å². The normalized spacial score (nSPS) is 15.7. The number of hydrogen-bond donors (Lipinski definition) is 2. The van der Waals surface area contributed by atoms with Crippen LogP contribution < -0.4 is 5.73 Å². The van der Waals surface area contributed by atoms with Gasteiger partial charge in [0.05, 0.1) is 6.04 Å². The van der Waals surface area contributed by atoms with Crippen LogP contribution in [-0.4, -0.2) is 15.2 Å². The smallest absolute Gasteiger partial charge is 0.153 e. The summed E-state index contributed by atoms with van der Waals surface area (Å²) in [5.41, 5.74) is 5.82. The Morgan fingerprint density at radius 2 is 2.08 bits per heavy atom. The summed E-state index contributed by atoms with van der Waals surface area (Å²) in [4.78, 5) is 4.36. The molecule has 0 spiro atoms. The number of nitrogens with one attached hydrogen (secondary N) is 1. The topological polar surface area (TPSA) is 67.6 Å². The second kappa shape index (κ2) is 4.37. The first kappa shape index (κ1) is 10.2. The van der Waals surface area contributed by atoms with Gasteiger partial charge in [-0.25, -0.2) is 4.98 Å². The maximum atomic E-state index is 5.82. The maximum Gasteiger partial charge on any atom is 0.153 e. The molecule has 0 radical (unpaired) electrons. The van der Waals surface area contributed by atoms with E-state index in [1.54, 1.807) is 0 Å². The molecule has 0 fully saturated rings. The molecule has 0 amide bonds. The van der Waals surface area contributed by atoms with E-state index in [1.165, 1.54) is 0 Å². The number of nitrogens with two attached hydrogens (primary N) is 1. The second-order valence-corrected chi connectivity index (χ2v) is 3.40. The Labute approximate surface area is 78.9 Å². The summed E-state index contributed by atoms with van der Waals surface area (Å²) < 4.78 is 0. The Bertz CT molecular complexity index is 231. The van der Waals surface area contributed by atoms with Crippen LogP contribution in [0.5, 0.6) is 0 Å². The quantitative estimate of drug-likeness (QED) is 0.745. The number of rotatable bonds is 4. The average Bonchev–Trinajstić information content (AvgIpc) is 2.64. The average molecular weight is 182 g/mol. The lowest BCUT2D eigenvalue weighted by Gasteiger charge is -2.03. The van der Waals surface area contributed by atoms with Crippen LogP contribution in [-0.2, 0) is 0 Å². The lowest BCUT2D eigenvalue weighted by Crippen LogP contribution is -2.10. The van der Waals surface area contributed by atoms with Crippen LogP contribution in [0.3, 0.4) is 0 Å². The molecule has 0 saturated heterocycles. The minimum absolute atomic E-state index is 0.00898. The van der Waals surface area contributed by atoms with Gasteiger partial charge in [-0.15, -0.1) is 0 Å². The third-order valence-electron chi connectivity index (χ3n) is 2.36. The Morgan fingerprint density at radius 1 is 1.38 bits per heavy atom. The molecule has 0 aliphatic carbocycles. The fourth-order valence-corrected chi connectivity index (χ4v) is 1.05. The summed E-state index contributed by atoms with van der Waals surface area (Å²) in [5, 5.41) is 7.03. The van der Waals surface area contributed by atoms with Gasteiger partial charge in [0.1, 0.15) is 5.82 Å². The molecule has 13 heavy (non-hydrogen) atoms. The molecule has 1 aromatic rings. The maximum absolute atomic E-state index is 5.82. The standard InChI is InChI=1S/C9H18N4/c1-4-6(3)8-11-9(13-12-8)7(10)5-2/h6-7H,4-5,10H2,1-3H3,(H,11,12,13)/t6?,7-/m0/s1. The van der Waals surface area contributed by atoms with Crippen LogP contribution in [0, 0.1) is 0 Å². The van der Waals surface area contributed by atoms with Crippen molar-refractivity contribution in [3.05, 3.63) is 11.6 Å². The Hall–Kier alpha value is -0.900. The molecular formula is C9H18N4. The van der Waals surface area contributed by atoms with E-state index in [0.717, 1.165) is 24.5 Å².